The predicted molar refractivity (Wildman–Crippen MR) is 85.8 cm³/mol. The van der Waals surface area contributed by atoms with Crippen molar-refractivity contribution >= 4 is 23.1 Å². The van der Waals surface area contributed by atoms with Crippen LogP contribution in [0.25, 0.3) is 0 Å². The number of rotatable bonds is 4. The zero-order chi connectivity index (χ0) is 15.0. The van der Waals surface area contributed by atoms with Crippen molar-refractivity contribution in [2.24, 2.45) is 0 Å². The lowest BCUT2D eigenvalue weighted by atomic mass is 9.93. The third-order valence-electron chi connectivity index (χ3n) is 4.04. The number of likely N-dealkylation sites (tertiary alicyclic amines) is 1. The van der Waals surface area contributed by atoms with Crippen molar-refractivity contribution in [3.8, 4) is 5.88 Å². The zero-order valence-corrected chi connectivity index (χ0v) is 13.6. The van der Waals surface area contributed by atoms with E-state index in [9.17, 15) is 4.39 Å². The molecule has 2 aromatic heterocycles. The fraction of sp³-hybridized carbons (Fsp3) is 0.467. The van der Waals surface area contributed by atoms with Crippen LogP contribution in [-0.2, 0) is 6.54 Å². The Morgan fingerprint density at radius 1 is 1.36 bits per heavy atom. The molecule has 2 saturated heterocycles. The number of thioether (sulfide) groups is 1. The van der Waals surface area contributed by atoms with Gasteiger partial charge in [-0.25, -0.2) is 14.4 Å². The first kappa shape index (κ1) is 14.4. The van der Waals surface area contributed by atoms with Gasteiger partial charge < -0.3 is 4.74 Å². The normalized spacial score (nSPS) is 23.6. The molecule has 0 N–H and O–H groups in total. The molecule has 2 fully saturated rings. The van der Waals surface area contributed by atoms with E-state index in [0.717, 1.165) is 31.8 Å². The summed E-state index contributed by atoms with van der Waals surface area (Å²) in [6, 6.07) is 2.97. The molecule has 0 aliphatic carbocycles. The molecule has 4 heterocycles. The molecule has 2 aliphatic rings. The Bertz CT molecular complexity index is 646. The van der Waals surface area contributed by atoms with Crippen molar-refractivity contribution in [3.05, 3.63) is 40.7 Å². The van der Waals surface area contributed by atoms with Gasteiger partial charge in [-0.1, -0.05) is 0 Å². The van der Waals surface area contributed by atoms with Crippen molar-refractivity contribution in [2.75, 3.05) is 18.8 Å². The number of halogens is 1. The van der Waals surface area contributed by atoms with E-state index >= 15 is 0 Å². The van der Waals surface area contributed by atoms with E-state index in [-0.39, 0.29) is 22.5 Å². The fourth-order valence-electron chi connectivity index (χ4n) is 3.12. The van der Waals surface area contributed by atoms with Gasteiger partial charge in [0, 0.05) is 47.8 Å². The molecule has 0 radical (unpaired) electrons. The Morgan fingerprint density at radius 3 is 3.05 bits per heavy atom. The van der Waals surface area contributed by atoms with Gasteiger partial charge in [-0.2, -0.15) is 0 Å². The summed E-state index contributed by atoms with van der Waals surface area (Å²) in [6.07, 6.45) is 4.43. The van der Waals surface area contributed by atoms with Crippen LogP contribution in [-0.4, -0.2) is 44.6 Å². The Labute approximate surface area is 136 Å². The molecule has 0 saturated carbocycles. The largest absolute Gasteiger partial charge is 0.471 e. The molecular weight excluding hydrogens is 321 g/mol. The molecular formula is C15H16FN3OS2. The van der Waals surface area contributed by atoms with Crippen LogP contribution >= 0.6 is 23.1 Å². The summed E-state index contributed by atoms with van der Waals surface area (Å²) >= 11 is 3.65. The van der Waals surface area contributed by atoms with Crippen LogP contribution in [0, 0.1) is 5.82 Å². The molecule has 0 aromatic carbocycles. The Balaban J connectivity index is 1.31. The number of nitrogens with zero attached hydrogens (tertiary/aromatic N) is 3. The van der Waals surface area contributed by atoms with Gasteiger partial charge >= 0.3 is 0 Å². The third kappa shape index (κ3) is 2.85. The van der Waals surface area contributed by atoms with E-state index in [1.54, 1.807) is 23.6 Å². The number of ether oxygens (including phenoxy) is 1. The summed E-state index contributed by atoms with van der Waals surface area (Å²) in [5.41, 5.74) is 0. The molecule has 116 valence electrons. The van der Waals surface area contributed by atoms with Crippen molar-refractivity contribution in [3.63, 3.8) is 0 Å². The maximum absolute atomic E-state index is 13.6. The van der Waals surface area contributed by atoms with E-state index in [1.807, 2.05) is 23.3 Å². The topological polar surface area (TPSA) is 38.2 Å². The van der Waals surface area contributed by atoms with Gasteiger partial charge in [0.05, 0.1) is 6.54 Å². The minimum Gasteiger partial charge on any atom is -0.471 e. The van der Waals surface area contributed by atoms with Crippen LogP contribution in [0.2, 0.25) is 0 Å². The molecule has 7 heteroatoms. The van der Waals surface area contributed by atoms with Crippen LogP contribution in [0.5, 0.6) is 5.88 Å². The number of thiazole rings is 1. The lowest BCUT2D eigenvalue weighted by molar-refractivity contribution is 0.0895. The number of pyridine rings is 1. The Morgan fingerprint density at radius 2 is 2.27 bits per heavy atom. The van der Waals surface area contributed by atoms with Crippen LogP contribution in [0.3, 0.4) is 0 Å². The van der Waals surface area contributed by atoms with Gasteiger partial charge in [0.2, 0.25) is 0 Å². The molecule has 22 heavy (non-hydrogen) atoms. The minimum atomic E-state index is -0.382. The molecule has 0 bridgehead atoms. The molecule has 1 spiro atoms. The fourth-order valence-corrected chi connectivity index (χ4v) is 5.35. The summed E-state index contributed by atoms with van der Waals surface area (Å²) in [6.45, 7) is 3.05. The van der Waals surface area contributed by atoms with Crippen LogP contribution < -0.4 is 4.74 Å². The summed E-state index contributed by atoms with van der Waals surface area (Å²) in [5, 5.41) is 3.18. The van der Waals surface area contributed by atoms with E-state index < -0.39 is 0 Å². The maximum Gasteiger partial charge on any atom is 0.250 e. The highest BCUT2D eigenvalue weighted by molar-refractivity contribution is 8.01. The highest BCUT2D eigenvalue weighted by Crippen LogP contribution is 2.46. The molecule has 2 aliphatic heterocycles. The quantitative estimate of drug-likeness (QED) is 0.858. The first-order chi connectivity index (χ1) is 10.7. The van der Waals surface area contributed by atoms with Crippen LogP contribution in [0.4, 0.5) is 4.39 Å². The maximum atomic E-state index is 13.6. The second-order valence-electron chi connectivity index (χ2n) is 5.80. The molecule has 4 nitrogen and oxygen atoms in total. The summed E-state index contributed by atoms with van der Waals surface area (Å²) in [5.74, 6) is 0.651. The van der Waals surface area contributed by atoms with E-state index in [4.69, 9.17) is 4.74 Å². The van der Waals surface area contributed by atoms with Crippen molar-refractivity contribution in [2.45, 2.75) is 23.8 Å². The number of hydrogen-bond donors (Lipinski definition) is 0. The SMILES string of the molecule is Fc1cccnc1O[C@@H]1CSC2(C1)CN(Cc1nccs1)C2. The zero-order valence-electron chi connectivity index (χ0n) is 11.9. The van der Waals surface area contributed by atoms with Crippen molar-refractivity contribution < 1.29 is 9.13 Å². The predicted octanol–water partition coefficient (Wildman–Crippen LogP) is 2.82. The molecule has 4 rings (SSSR count). The van der Waals surface area contributed by atoms with Gasteiger partial charge in [-0.3, -0.25) is 4.90 Å². The highest BCUT2D eigenvalue weighted by Gasteiger charge is 2.49. The Kier molecular flexibility index (Phi) is 3.79. The second kappa shape index (κ2) is 5.79. The lowest BCUT2D eigenvalue weighted by Crippen LogP contribution is -2.58. The third-order valence-corrected chi connectivity index (χ3v) is 6.38. The van der Waals surface area contributed by atoms with Crippen molar-refractivity contribution in [1.82, 2.24) is 14.9 Å². The van der Waals surface area contributed by atoms with Gasteiger partial charge in [0.25, 0.3) is 5.88 Å². The van der Waals surface area contributed by atoms with Crippen LogP contribution in [0.15, 0.2) is 29.9 Å². The van der Waals surface area contributed by atoms with Gasteiger partial charge in [0.1, 0.15) is 11.1 Å². The second-order valence-corrected chi connectivity index (χ2v) is 8.27. The standard InChI is InChI=1S/C15H16FN3OS2/c16-12-2-1-3-18-14(12)20-11-6-15(22-8-11)9-19(10-15)7-13-17-4-5-21-13/h1-5,11H,6-10H2/t11-/m0/s1. The summed E-state index contributed by atoms with van der Waals surface area (Å²) < 4.78 is 19.6. The lowest BCUT2D eigenvalue weighted by Gasteiger charge is -2.47. The Hall–Kier alpha value is -1.18. The van der Waals surface area contributed by atoms with Gasteiger partial charge in [-0.05, 0) is 12.1 Å². The molecule has 2 aromatic rings. The average molecular weight is 337 g/mol. The first-order valence-electron chi connectivity index (χ1n) is 7.24. The average Bonchev–Trinajstić information content (AvgIpc) is 3.11. The molecule has 0 unspecified atom stereocenters. The smallest absolute Gasteiger partial charge is 0.250 e. The summed E-state index contributed by atoms with van der Waals surface area (Å²) in [4.78, 5) is 10.7. The van der Waals surface area contributed by atoms with Crippen LogP contribution in [0.1, 0.15) is 11.4 Å². The van der Waals surface area contributed by atoms with E-state index in [2.05, 4.69) is 14.9 Å². The number of hydrogen-bond acceptors (Lipinski definition) is 6. The molecule has 1 atom stereocenters. The van der Waals surface area contributed by atoms with Gasteiger partial charge in [0.15, 0.2) is 5.82 Å². The van der Waals surface area contributed by atoms with Gasteiger partial charge in [-0.15, -0.1) is 23.1 Å². The van der Waals surface area contributed by atoms with E-state index in [0.29, 0.717) is 0 Å². The monoisotopic (exact) mass is 337 g/mol. The minimum absolute atomic E-state index is 0.0522. The molecule has 0 amide bonds. The van der Waals surface area contributed by atoms with E-state index in [1.165, 1.54) is 11.1 Å². The highest BCUT2D eigenvalue weighted by atomic mass is 32.2. The number of aromatic nitrogens is 2. The first-order valence-corrected chi connectivity index (χ1v) is 9.11. The summed E-state index contributed by atoms with van der Waals surface area (Å²) in [7, 11) is 0. The van der Waals surface area contributed by atoms with Crippen molar-refractivity contribution in [1.29, 1.82) is 0 Å².